The van der Waals surface area contributed by atoms with E-state index >= 15 is 0 Å². The number of nitrogens with one attached hydrogen (secondary N) is 1. The van der Waals surface area contributed by atoms with Crippen LogP contribution in [0, 0.1) is 17.3 Å². The van der Waals surface area contributed by atoms with Gasteiger partial charge in [-0.25, -0.2) is 0 Å². The molecule has 116 valence electrons. The highest BCUT2D eigenvalue weighted by molar-refractivity contribution is 5.76. The van der Waals surface area contributed by atoms with Crippen molar-refractivity contribution in [3.05, 3.63) is 0 Å². The summed E-state index contributed by atoms with van der Waals surface area (Å²) in [6.45, 7) is 9.16. The Labute approximate surface area is 124 Å². The second-order valence-electron chi connectivity index (χ2n) is 7.97. The molecule has 1 aliphatic heterocycles. The minimum absolute atomic E-state index is 0.367. The van der Waals surface area contributed by atoms with Crippen LogP contribution in [0.5, 0.6) is 0 Å². The number of piperidine rings is 1. The third-order valence-electron chi connectivity index (χ3n) is 5.19. The minimum Gasteiger partial charge on any atom is -0.343 e. The van der Waals surface area contributed by atoms with E-state index in [1.54, 1.807) is 0 Å². The summed E-state index contributed by atoms with van der Waals surface area (Å²) in [6.07, 6.45) is 6.72. The molecule has 3 nitrogen and oxygen atoms in total. The summed E-state index contributed by atoms with van der Waals surface area (Å²) >= 11 is 0. The van der Waals surface area contributed by atoms with Crippen LogP contribution >= 0.6 is 0 Å². The van der Waals surface area contributed by atoms with Gasteiger partial charge in [-0.3, -0.25) is 4.79 Å². The third-order valence-corrected chi connectivity index (χ3v) is 5.19. The predicted molar refractivity (Wildman–Crippen MR) is 83.6 cm³/mol. The molecule has 0 aromatic carbocycles. The fraction of sp³-hybridized carbons (Fsp3) is 0.941. The van der Waals surface area contributed by atoms with Crippen molar-refractivity contribution < 1.29 is 4.79 Å². The molecule has 3 heteroatoms. The predicted octanol–water partition coefficient (Wildman–Crippen LogP) is 3.05. The highest BCUT2D eigenvalue weighted by atomic mass is 16.2. The standard InChI is InChI=1S/C17H32N2O/c1-13-9-14(12-17(2,3)11-13)10-16(20)19(4)15-5-7-18-8-6-15/h13-15,18H,5-12H2,1-4H3. The van der Waals surface area contributed by atoms with Crippen LogP contribution in [0.4, 0.5) is 0 Å². The summed E-state index contributed by atoms with van der Waals surface area (Å²) in [5.74, 6) is 1.72. The zero-order valence-corrected chi connectivity index (χ0v) is 13.7. The quantitative estimate of drug-likeness (QED) is 0.862. The molecule has 0 aromatic heterocycles. The Bertz CT molecular complexity index is 334. The third kappa shape index (κ3) is 4.21. The molecule has 2 rings (SSSR count). The van der Waals surface area contributed by atoms with Gasteiger partial charge in [0, 0.05) is 19.5 Å². The lowest BCUT2D eigenvalue weighted by molar-refractivity contribution is -0.134. The highest BCUT2D eigenvalue weighted by Crippen LogP contribution is 2.43. The topological polar surface area (TPSA) is 32.3 Å². The minimum atomic E-state index is 0.367. The Hall–Kier alpha value is -0.570. The van der Waals surface area contributed by atoms with Crippen LogP contribution in [0.2, 0.25) is 0 Å². The molecule has 20 heavy (non-hydrogen) atoms. The summed E-state index contributed by atoms with van der Waals surface area (Å²) in [7, 11) is 2.01. The van der Waals surface area contributed by atoms with E-state index in [0.717, 1.165) is 38.3 Å². The molecule has 2 atom stereocenters. The van der Waals surface area contributed by atoms with Crippen LogP contribution < -0.4 is 5.32 Å². The lowest BCUT2D eigenvalue weighted by atomic mass is 9.67. The van der Waals surface area contributed by atoms with Gasteiger partial charge in [0.2, 0.25) is 5.91 Å². The van der Waals surface area contributed by atoms with Gasteiger partial charge < -0.3 is 10.2 Å². The summed E-state index contributed by atoms with van der Waals surface area (Å²) in [4.78, 5) is 14.6. The molecule has 0 spiro atoms. The van der Waals surface area contributed by atoms with E-state index in [4.69, 9.17) is 0 Å². The number of carbonyl (C=O) groups is 1. The van der Waals surface area contributed by atoms with Gasteiger partial charge in [0.25, 0.3) is 0 Å². The molecule has 1 aliphatic carbocycles. The lowest BCUT2D eigenvalue weighted by Crippen LogP contribution is -2.44. The van der Waals surface area contributed by atoms with Gasteiger partial charge in [0.15, 0.2) is 0 Å². The fourth-order valence-corrected chi connectivity index (χ4v) is 4.49. The molecular weight excluding hydrogens is 248 g/mol. The maximum Gasteiger partial charge on any atom is 0.222 e. The maximum absolute atomic E-state index is 12.5. The summed E-state index contributed by atoms with van der Waals surface area (Å²) in [6, 6.07) is 0.456. The first-order valence-corrected chi connectivity index (χ1v) is 8.34. The molecule has 1 N–H and O–H groups in total. The first kappa shape index (κ1) is 15.8. The Morgan fingerprint density at radius 3 is 2.50 bits per heavy atom. The van der Waals surface area contributed by atoms with Crippen LogP contribution in [0.3, 0.4) is 0 Å². The second-order valence-corrected chi connectivity index (χ2v) is 7.97. The SMILES string of the molecule is CC1CC(CC(=O)N(C)C2CCNCC2)CC(C)(C)C1. The number of rotatable bonds is 3. The highest BCUT2D eigenvalue weighted by Gasteiger charge is 2.34. The number of hydrogen-bond donors (Lipinski definition) is 1. The molecule has 1 amide bonds. The number of amides is 1. The van der Waals surface area contributed by atoms with Crippen molar-refractivity contribution in [1.82, 2.24) is 10.2 Å². The van der Waals surface area contributed by atoms with Gasteiger partial charge in [-0.1, -0.05) is 20.8 Å². The summed E-state index contributed by atoms with van der Waals surface area (Å²) in [5, 5.41) is 3.37. The lowest BCUT2D eigenvalue weighted by Gasteiger charge is -2.40. The molecule has 2 unspecified atom stereocenters. The molecule has 0 bridgehead atoms. The average Bonchev–Trinajstić information content (AvgIpc) is 2.36. The van der Waals surface area contributed by atoms with Crippen molar-refractivity contribution in [1.29, 1.82) is 0 Å². The zero-order chi connectivity index (χ0) is 14.8. The molecule has 1 saturated heterocycles. The van der Waals surface area contributed by atoms with E-state index in [9.17, 15) is 4.79 Å². The van der Waals surface area contributed by atoms with Crippen molar-refractivity contribution >= 4 is 5.91 Å². The van der Waals surface area contributed by atoms with E-state index in [1.165, 1.54) is 19.3 Å². The molecular formula is C17H32N2O. The molecule has 2 aliphatic rings. The first-order valence-electron chi connectivity index (χ1n) is 8.34. The Kier molecular flexibility index (Phi) is 5.11. The molecule has 1 heterocycles. The normalized spacial score (nSPS) is 31.0. The largest absolute Gasteiger partial charge is 0.343 e. The van der Waals surface area contributed by atoms with E-state index in [1.807, 2.05) is 11.9 Å². The van der Waals surface area contributed by atoms with Gasteiger partial charge in [0.05, 0.1) is 0 Å². The van der Waals surface area contributed by atoms with Crippen molar-refractivity contribution in [2.45, 2.75) is 65.3 Å². The van der Waals surface area contributed by atoms with E-state index in [-0.39, 0.29) is 0 Å². The van der Waals surface area contributed by atoms with Crippen LogP contribution in [-0.4, -0.2) is 37.0 Å². The molecule has 0 aromatic rings. The van der Waals surface area contributed by atoms with Gasteiger partial charge in [-0.05, 0) is 62.4 Å². The molecule has 0 radical (unpaired) electrons. The van der Waals surface area contributed by atoms with Gasteiger partial charge in [-0.15, -0.1) is 0 Å². The second kappa shape index (κ2) is 6.46. The van der Waals surface area contributed by atoms with Crippen molar-refractivity contribution in [2.75, 3.05) is 20.1 Å². The van der Waals surface area contributed by atoms with Crippen molar-refractivity contribution in [3.63, 3.8) is 0 Å². The summed E-state index contributed by atoms with van der Waals surface area (Å²) < 4.78 is 0. The number of carbonyl (C=O) groups excluding carboxylic acids is 1. The van der Waals surface area contributed by atoms with Crippen LogP contribution in [-0.2, 0) is 4.79 Å². The molecule has 2 fully saturated rings. The zero-order valence-electron chi connectivity index (χ0n) is 13.7. The van der Waals surface area contributed by atoms with Crippen LogP contribution in [0.15, 0.2) is 0 Å². The van der Waals surface area contributed by atoms with E-state index in [0.29, 0.717) is 23.3 Å². The van der Waals surface area contributed by atoms with Crippen LogP contribution in [0.1, 0.15) is 59.3 Å². The Morgan fingerprint density at radius 2 is 1.90 bits per heavy atom. The Morgan fingerprint density at radius 1 is 1.25 bits per heavy atom. The Balaban J connectivity index is 1.86. The maximum atomic E-state index is 12.5. The smallest absolute Gasteiger partial charge is 0.222 e. The van der Waals surface area contributed by atoms with Crippen molar-refractivity contribution in [2.24, 2.45) is 17.3 Å². The van der Waals surface area contributed by atoms with Crippen molar-refractivity contribution in [3.8, 4) is 0 Å². The molecule has 1 saturated carbocycles. The summed E-state index contributed by atoms with van der Waals surface area (Å²) in [5.41, 5.74) is 0.413. The van der Waals surface area contributed by atoms with Gasteiger partial charge >= 0.3 is 0 Å². The average molecular weight is 280 g/mol. The van der Waals surface area contributed by atoms with E-state index in [2.05, 4.69) is 26.1 Å². The number of hydrogen-bond acceptors (Lipinski definition) is 2. The van der Waals surface area contributed by atoms with E-state index < -0.39 is 0 Å². The van der Waals surface area contributed by atoms with Crippen LogP contribution in [0.25, 0.3) is 0 Å². The first-order chi connectivity index (χ1) is 9.37. The number of nitrogens with zero attached hydrogens (tertiary/aromatic N) is 1. The van der Waals surface area contributed by atoms with Gasteiger partial charge in [-0.2, -0.15) is 0 Å². The fourth-order valence-electron chi connectivity index (χ4n) is 4.49. The van der Waals surface area contributed by atoms with Gasteiger partial charge in [0.1, 0.15) is 0 Å². The monoisotopic (exact) mass is 280 g/mol.